The summed E-state index contributed by atoms with van der Waals surface area (Å²) < 4.78 is 40.7. The third-order valence-electron chi connectivity index (χ3n) is 4.75. The van der Waals surface area contributed by atoms with E-state index in [2.05, 4.69) is 5.32 Å². The Hall–Kier alpha value is -2.20. The lowest BCUT2D eigenvalue weighted by Gasteiger charge is -2.50. The highest BCUT2D eigenvalue weighted by Crippen LogP contribution is 2.52. The number of rotatable bonds is 4. The van der Waals surface area contributed by atoms with Crippen molar-refractivity contribution < 1.29 is 23.1 Å². The maximum Gasteiger partial charge on any atom is 0.259 e. The van der Waals surface area contributed by atoms with E-state index in [4.69, 9.17) is 11.6 Å². The molecule has 8 heteroatoms. The molecule has 1 aliphatic rings. The molecule has 25 heavy (non-hydrogen) atoms. The molecule has 1 aromatic rings. The van der Waals surface area contributed by atoms with Crippen molar-refractivity contribution >= 4 is 17.6 Å². The number of hydrogen-bond donors (Lipinski definition) is 1. The van der Waals surface area contributed by atoms with Crippen LogP contribution in [0, 0.1) is 22.6 Å². The average molecular weight is 372 g/mol. The molecule has 1 aliphatic heterocycles. The molecule has 0 aromatic heterocycles. The van der Waals surface area contributed by atoms with Crippen LogP contribution in [0.4, 0.5) is 13.2 Å². The molecule has 0 amide bonds. The van der Waals surface area contributed by atoms with Crippen LogP contribution in [0.15, 0.2) is 29.5 Å². The number of aliphatic carboxylic acids is 1. The first-order valence-electron chi connectivity index (χ1n) is 7.52. The number of carbonyl (C=O) groups is 1. The topological polar surface area (TPSA) is 75.9 Å². The van der Waals surface area contributed by atoms with Gasteiger partial charge in [-0.15, -0.1) is 0 Å². The zero-order chi connectivity index (χ0) is 18.9. The van der Waals surface area contributed by atoms with Crippen molar-refractivity contribution in [2.45, 2.75) is 38.7 Å². The number of carboxylic acid groups (broad SMARTS) is 1. The van der Waals surface area contributed by atoms with Crippen molar-refractivity contribution in [1.82, 2.24) is 5.32 Å². The Morgan fingerprint density at radius 1 is 1.52 bits per heavy atom. The van der Waals surface area contributed by atoms with Gasteiger partial charge in [0.1, 0.15) is 5.82 Å². The van der Waals surface area contributed by atoms with Gasteiger partial charge in [0.25, 0.3) is 6.43 Å². The van der Waals surface area contributed by atoms with Crippen molar-refractivity contribution in [2.75, 3.05) is 0 Å². The maximum atomic E-state index is 13.7. The Labute approximate surface area is 147 Å². The minimum absolute atomic E-state index is 0.0449. The van der Waals surface area contributed by atoms with Gasteiger partial charge in [0.2, 0.25) is 0 Å². The van der Waals surface area contributed by atoms with Crippen molar-refractivity contribution in [3.8, 4) is 6.07 Å². The lowest BCUT2D eigenvalue weighted by atomic mass is 9.60. The molecular weight excluding hydrogens is 357 g/mol. The highest BCUT2D eigenvalue weighted by molar-refractivity contribution is 6.31. The van der Waals surface area contributed by atoms with Gasteiger partial charge in [-0.2, -0.15) is 5.26 Å². The fourth-order valence-corrected chi connectivity index (χ4v) is 3.79. The van der Waals surface area contributed by atoms with Crippen molar-refractivity contribution in [3.63, 3.8) is 0 Å². The molecule has 4 nitrogen and oxygen atoms in total. The van der Waals surface area contributed by atoms with Crippen LogP contribution in [-0.2, 0) is 4.79 Å². The van der Waals surface area contributed by atoms with Gasteiger partial charge in [-0.3, -0.25) is 0 Å². The molecule has 0 aliphatic carbocycles. The predicted molar refractivity (Wildman–Crippen MR) is 83.1 cm³/mol. The molecule has 1 N–H and O–H groups in total. The zero-order valence-corrected chi connectivity index (χ0v) is 14.2. The summed E-state index contributed by atoms with van der Waals surface area (Å²) >= 11 is 6.06. The molecular formula is C17H15ClF3N2O2-. The van der Waals surface area contributed by atoms with E-state index in [1.54, 1.807) is 0 Å². The summed E-state index contributed by atoms with van der Waals surface area (Å²) in [6.45, 7) is 2.83. The van der Waals surface area contributed by atoms with Crippen LogP contribution in [0.1, 0.15) is 31.7 Å². The number of allylic oxidation sites excluding steroid dienone is 2. The lowest BCUT2D eigenvalue weighted by molar-refractivity contribution is -0.323. The number of nitriles is 1. The van der Waals surface area contributed by atoms with Crippen LogP contribution >= 0.6 is 11.6 Å². The summed E-state index contributed by atoms with van der Waals surface area (Å²) in [4.78, 5) is 12.0. The quantitative estimate of drug-likeness (QED) is 0.883. The van der Waals surface area contributed by atoms with Crippen LogP contribution in [0.5, 0.6) is 0 Å². The van der Waals surface area contributed by atoms with Gasteiger partial charge in [0.05, 0.1) is 23.7 Å². The van der Waals surface area contributed by atoms with E-state index >= 15 is 0 Å². The molecule has 2 rings (SSSR count). The van der Waals surface area contributed by atoms with Gasteiger partial charge in [-0.1, -0.05) is 24.6 Å². The average Bonchev–Trinajstić information content (AvgIpc) is 2.53. The van der Waals surface area contributed by atoms with E-state index in [0.29, 0.717) is 0 Å². The Balaban J connectivity index is 2.86. The maximum absolute atomic E-state index is 13.7. The standard InChI is InChI=1S/C17H16ClF3N2O2/c1-3-17(16(24)25)13(10-5-4-9(19)6-12(10)18)11(7-22)8(2)23-14(17)15(20)21/h4-6,13-15,23H,3H2,1-2H3,(H,24,25)/p-1. The first kappa shape index (κ1) is 19.1. The summed E-state index contributed by atoms with van der Waals surface area (Å²) in [5, 5.41) is 23.8. The second kappa shape index (κ2) is 6.96. The number of carboxylic acids is 1. The minimum atomic E-state index is -3.03. The van der Waals surface area contributed by atoms with E-state index in [1.807, 2.05) is 6.07 Å². The highest BCUT2D eigenvalue weighted by Gasteiger charge is 2.55. The molecule has 0 radical (unpaired) electrons. The third kappa shape index (κ3) is 2.95. The number of nitrogens with one attached hydrogen (secondary N) is 1. The smallest absolute Gasteiger partial charge is 0.259 e. The van der Waals surface area contributed by atoms with Gasteiger partial charge in [-0.25, -0.2) is 13.2 Å². The molecule has 0 fully saturated rings. The van der Waals surface area contributed by atoms with Crippen LogP contribution < -0.4 is 10.4 Å². The Morgan fingerprint density at radius 2 is 2.16 bits per heavy atom. The normalized spacial score (nSPS) is 26.3. The molecule has 134 valence electrons. The minimum Gasteiger partial charge on any atom is -0.549 e. The molecule has 1 heterocycles. The number of benzene rings is 1. The Morgan fingerprint density at radius 3 is 2.60 bits per heavy atom. The summed E-state index contributed by atoms with van der Waals surface area (Å²) in [6.07, 6.45) is -3.27. The van der Waals surface area contributed by atoms with E-state index in [0.717, 1.165) is 12.1 Å². The van der Waals surface area contributed by atoms with Crippen LogP contribution in [0.2, 0.25) is 5.02 Å². The summed E-state index contributed by atoms with van der Waals surface area (Å²) in [5.41, 5.74) is -1.95. The van der Waals surface area contributed by atoms with Gasteiger partial charge in [0, 0.05) is 22.1 Å². The SMILES string of the molecule is CCC1(C(=O)[O-])C(c2ccc(F)cc2Cl)C(C#N)=C(C)NC1C(F)F. The third-order valence-corrected chi connectivity index (χ3v) is 5.07. The molecule has 0 saturated heterocycles. The molecule has 0 bridgehead atoms. The number of nitrogens with zero attached hydrogens (tertiary/aromatic N) is 1. The van der Waals surface area contributed by atoms with E-state index in [1.165, 1.54) is 19.9 Å². The number of halogens is 4. The van der Waals surface area contributed by atoms with Gasteiger partial charge >= 0.3 is 0 Å². The van der Waals surface area contributed by atoms with Crippen LogP contribution in [0.3, 0.4) is 0 Å². The summed E-state index contributed by atoms with van der Waals surface area (Å²) in [7, 11) is 0. The summed E-state index contributed by atoms with van der Waals surface area (Å²) in [5.74, 6) is -3.68. The van der Waals surface area contributed by atoms with E-state index in [-0.39, 0.29) is 28.3 Å². The van der Waals surface area contributed by atoms with Gasteiger partial charge in [0.15, 0.2) is 0 Å². The number of carbonyl (C=O) groups excluding carboxylic acids is 1. The fourth-order valence-electron chi connectivity index (χ4n) is 3.51. The Bertz CT molecular complexity index is 776. The summed E-state index contributed by atoms with van der Waals surface area (Å²) in [6, 6.07) is 3.30. The number of hydrogen-bond acceptors (Lipinski definition) is 4. The number of alkyl halides is 2. The molecule has 3 unspecified atom stereocenters. The van der Waals surface area contributed by atoms with Crippen molar-refractivity contribution in [1.29, 1.82) is 5.26 Å². The zero-order valence-electron chi connectivity index (χ0n) is 13.4. The largest absolute Gasteiger partial charge is 0.549 e. The Kier molecular flexibility index (Phi) is 5.33. The second-order valence-electron chi connectivity index (χ2n) is 5.89. The highest BCUT2D eigenvalue weighted by atomic mass is 35.5. The first-order valence-corrected chi connectivity index (χ1v) is 7.90. The molecule has 1 aromatic carbocycles. The van der Waals surface area contributed by atoms with Crippen molar-refractivity contribution in [3.05, 3.63) is 45.9 Å². The monoisotopic (exact) mass is 371 g/mol. The second-order valence-corrected chi connectivity index (χ2v) is 6.29. The molecule has 0 spiro atoms. The van der Waals surface area contributed by atoms with Gasteiger partial charge in [-0.05, 0) is 31.0 Å². The van der Waals surface area contributed by atoms with Crippen LogP contribution in [0.25, 0.3) is 0 Å². The van der Waals surface area contributed by atoms with Gasteiger partial charge < -0.3 is 15.2 Å². The lowest BCUT2D eigenvalue weighted by Crippen LogP contribution is -2.63. The molecule has 3 atom stereocenters. The first-order chi connectivity index (χ1) is 11.7. The van der Waals surface area contributed by atoms with E-state index < -0.39 is 35.6 Å². The predicted octanol–water partition coefficient (Wildman–Crippen LogP) is 2.74. The van der Waals surface area contributed by atoms with Crippen molar-refractivity contribution in [2.24, 2.45) is 5.41 Å². The fraction of sp³-hybridized carbons (Fsp3) is 0.412. The van der Waals surface area contributed by atoms with Crippen LogP contribution in [-0.4, -0.2) is 18.4 Å². The molecule has 0 saturated carbocycles. The van der Waals surface area contributed by atoms with E-state index in [9.17, 15) is 28.3 Å².